The smallest absolute Gasteiger partial charge is 0.263 e. The van der Waals surface area contributed by atoms with Gasteiger partial charge in [0.15, 0.2) is 0 Å². The van der Waals surface area contributed by atoms with Crippen molar-refractivity contribution in [1.82, 2.24) is 15.2 Å². The molecule has 1 aliphatic rings. The highest BCUT2D eigenvalue weighted by molar-refractivity contribution is 7.17. The number of nitrogens with zero attached hydrogens (tertiary/aromatic N) is 3. The molecule has 3 aromatic rings. The minimum atomic E-state index is -0.280. The summed E-state index contributed by atoms with van der Waals surface area (Å²) in [6.07, 6.45) is 2.02. The molecule has 0 bridgehead atoms. The van der Waals surface area contributed by atoms with Gasteiger partial charge in [0.05, 0.1) is 5.69 Å². The second-order valence-electron chi connectivity index (χ2n) is 8.07. The maximum absolute atomic E-state index is 13.1. The van der Waals surface area contributed by atoms with E-state index in [1.165, 1.54) is 29.2 Å². The Hall–Kier alpha value is -2.77. The Balaban J connectivity index is 1.16. The number of piperazine rings is 1. The minimum Gasteiger partial charge on any atom is -0.369 e. The third kappa shape index (κ3) is 5.72. The van der Waals surface area contributed by atoms with Crippen LogP contribution in [0.5, 0.6) is 0 Å². The van der Waals surface area contributed by atoms with Gasteiger partial charge in [-0.05, 0) is 62.7 Å². The summed E-state index contributed by atoms with van der Waals surface area (Å²) < 4.78 is 13.1. The Labute approximate surface area is 192 Å². The second-order valence-corrected chi connectivity index (χ2v) is 9.07. The molecular weight excluding hydrogens is 423 g/mol. The van der Waals surface area contributed by atoms with Crippen LogP contribution in [0.3, 0.4) is 0 Å². The Bertz CT molecular complexity index is 1010. The lowest BCUT2D eigenvalue weighted by atomic mass is 10.2. The van der Waals surface area contributed by atoms with Gasteiger partial charge in [-0.15, -0.1) is 11.3 Å². The highest BCUT2D eigenvalue weighted by Crippen LogP contribution is 2.28. The predicted molar refractivity (Wildman–Crippen MR) is 129 cm³/mol. The molecule has 2 heterocycles. The van der Waals surface area contributed by atoms with Gasteiger partial charge in [0.25, 0.3) is 5.91 Å². The van der Waals surface area contributed by atoms with Gasteiger partial charge in [-0.1, -0.05) is 18.2 Å². The first-order valence-corrected chi connectivity index (χ1v) is 12.0. The number of carbonyl (C=O) groups excluding carboxylic acids is 1. The Morgan fingerprint density at radius 3 is 2.47 bits per heavy atom. The first kappa shape index (κ1) is 22.4. The number of benzene rings is 2. The Kier molecular flexibility index (Phi) is 7.50. The van der Waals surface area contributed by atoms with Crippen LogP contribution in [0, 0.1) is 12.7 Å². The van der Waals surface area contributed by atoms with Crippen molar-refractivity contribution in [2.45, 2.75) is 19.8 Å². The number of hydrogen-bond acceptors (Lipinski definition) is 5. The molecule has 1 aromatic heterocycles. The lowest BCUT2D eigenvalue weighted by Crippen LogP contribution is -2.46. The monoisotopic (exact) mass is 452 g/mol. The third-order valence-corrected chi connectivity index (χ3v) is 6.98. The molecule has 4 rings (SSSR count). The molecule has 5 nitrogen and oxygen atoms in total. The van der Waals surface area contributed by atoms with Crippen LogP contribution in [0.4, 0.5) is 10.1 Å². The van der Waals surface area contributed by atoms with Crippen molar-refractivity contribution in [3.8, 4) is 10.6 Å². The summed E-state index contributed by atoms with van der Waals surface area (Å²) >= 11 is 1.35. The van der Waals surface area contributed by atoms with E-state index in [-0.39, 0.29) is 11.7 Å². The zero-order chi connectivity index (χ0) is 22.3. The van der Waals surface area contributed by atoms with Gasteiger partial charge in [0.1, 0.15) is 15.7 Å². The van der Waals surface area contributed by atoms with Crippen LogP contribution in [0.15, 0.2) is 54.6 Å². The second kappa shape index (κ2) is 10.7. The fourth-order valence-electron chi connectivity index (χ4n) is 3.93. The molecular formula is C25H29FN4OS. The Morgan fingerprint density at radius 2 is 1.75 bits per heavy atom. The van der Waals surface area contributed by atoms with Crippen molar-refractivity contribution in [2.75, 3.05) is 44.2 Å². The van der Waals surface area contributed by atoms with E-state index in [1.807, 2.05) is 6.92 Å². The van der Waals surface area contributed by atoms with E-state index in [9.17, 15) is 9.18 Å². The number of anilines is 1. The SMILES string of the molecule is Cc1nc(-c2ccc(F)cc2)sc1C(=O)NCCCCN1CCN(c2ccccc2)CC1. The lowest BCUT2D eigenvalue weighted by molar-refractivity contribution is 0.0955. The molecule has 168 valence electrons. The maximum atomic E-state index is 13.1. The van der Waals surface area contributed by atoms with Crippen molar-refractivity contribution >= 4 is 22.9 Å². The van der Waals surface area contributed by atoms with E-state index in [2.05, 4.69) is 50.4 Å². The summed E-state index contributed by atoms with van der Waals surface area (Å²) in [6, 6.07) is 16.8. The summed E-state index contributed by atoms with van der Waals surface area (Å²) in [5.74, 6) is -0.358. The zero-order valence-corrected chi connectivity index (χ0v) is 19.2. The maximum Gasteiger partial charge on any atom is 0.263 e. The van der Waals surface area contributed by atoms with Gasteiger partial charge in [0.2, 0.25) is 0 Å². The molecule has 2 aromatic carbocycles. The van der Waals surface area contributed by atoms with Crippen LogP contribution in [-0.2, 0) is 0 Å². The van der Waals surface area contributed by atoms with Crippen LogP contribution < -0.4 is 10.2 Å². The number of halogens is 1. The van der Waals surface area contributed by atoms with Gasteiger partial charge in [0, 0.05) is 44.0 Å². The van der Waals surface area contributed by atoms with Gasteiger partial charge in [-0.25, -0.2) is 9.37 Å². The van der Waals surface area contributed by atoms with E-state index in [1.54, 1.807) is 12.1 Å². The number of nitrogens with one attached hydrogen (secondary N) is 1. The van der Waals surface area contributed by atoms with Crippen LogP contribution in [0.2, 0.25) is 0 Å². The molecule has 0 radical (unpaired) electrons. The standard InChI is InChI=1S/C25H29FN4OS/c1-19-23(32-25(28-19)20-9-11-21(26)12-10-20)24(31)27-13-5-6-14-29-15-17-30(18-16-29)22-7-3-2-4-8-22/h2-4,7-12H,5-6,13-18H2,1H3,(H,27,31). The quantitative estimate of drug-likeness (QED) is 0.508. The number of unbranched alkanes of at least 4 members (excludes halogenated alkanes) is 1. The van der Waals surface area contributed by atoms with Crippen LogP contribution in [-0.4, -0.2) is 55.1 Å². The van der Waals surface area contributed by atoms with Gasteiger partial charge in [-0.3, -0.25) is 9.69 Å². The van der Waals surface area contributed by atoms with Crippen molar-refractivity contribution in [2.24, 2.45) is 0 Å². The molecule has 0 atom stereocenters. The fraction of sp³-hybridized carbons (Fsp3) is 0.360. The summed E-state index contributed by atoms with van der Waals surface area (Å²) in [4.78, 5) is 22.6. The largest absolute Gasteiger partial charge is 0.369 e. The fourth-order valence-corrected chi connectivity index (χ4v) is 4.92. The van der Waals surface area contributed by atoms with Gasteiger partial charge in [-0.2, -0.15) is 0 Å². The minimum absolute atomic E-state index is 0.0789. The van der Waals surface area contributed by atoms with Gasteiger partial charge >= 0.3 is 0 Å². The summed E-state index contributed by atoms with van der Waals surface area (Å²) in [6.45, 7) is 7.83. The molecule has 0 spiro atoms. The highest BCUT2D eigenvalue weighted by atomic mass is 32.1. The number of rotatable bonds is 8. The van der Waals surface area contributed by atoms with E-state index < -0.39 is 0 Å². The number of aryl methyl sites for hydroxylation is 1. The van der Waals surface area contributed by atoms with Crippen LogP contribution in [0.25, 0.3) is 10.6 Å². The number of carbonyl (C=O) groups is 1. The van der Waals surface area contributed by atoms with E-state index in [0.717, 1.165) is 56.1 Å². The van der Waals surface area contributed by atoms with Gasteiger partial charge < -0.3 is 10.2 Å². The summed E-state index contributed by atoms with van der Waals surface area (Å²) in [7, 11) is 0. The molecule has 7 heteroatoms. The number of para-hydroxylation sites is 1. The highest BCUT2D eigenvalue weighted by Gasteiger charge is 2.18. The average molecular weight is 453 g/mol. The molecule has 1 aliphatic heterocycles. The van der Waals surface area contributed by atoms with E-state index in [4.69, 9.17) is 0 Å². The number of aromatic nitrogens is 1. The van der Waals surface area contributed by atoms with Crippen LogP contribution >= 0.6 is 11.3 Å². The molecule has 1 fully saturated rings. The number of hydrogen-bond donors (Lipinski definition) is 1. The first-order valence-electron chi connectivity index (χ1n) is 11.1. The molecule has 1 N–H and O–H groups in total. The lowest BCUT2D eigenvalue weighted by Gasteiger charge is -2.36. The molecule has 32 heavy (non-hydrogen) atoms. The zero-order valence-electron chi connectivity index (χ0n) is 18.4. The molecule has 1 amide bonds. The predicted octanol–water partition coefficient (Wildman–Crippen LogP) is 4.59. The van der Waals surface area contributed by atoms with Crippen molar-refractivity contribution in [1.29, 1.82) is 0 Å². The van der Waals surface area contributed by atoms with Crippen molar-refractivity contribution < 1.29 is 9.18 Å². The van der Waals surface area contributed by atoms with E-state index in [0.29, 0.717) is 17.1 Å². The summed E-state index contributed by atoms with van der Waals surface area (Å²) in [5.41, 5.74) is 2.84. The number of amides is 1. The topological polar surface area (TPSA) is 48.5 Å². The Morgan fingerprint density at radius 1 is 1.03 bits per heavy atom. The third-order valence-electron chi connectivity index (χ3n) is 5.77. The molecule has 0 unspecified atom stereocenters. The average Bonchev–Trinajstić information content (AvgIpc) is 3.22. The normalized spacial score (nSPS) is 14.5. The first-order chi connectivity index (χ1) is 15.6. The number of thiazole rings is 1. The summed E-state index contributed by atoms with van der Waals surface area (Å²) in [5, 5.41) is 3.76. The molecule has 1 saturated heterocycles. The molecule has 0 saturated carbocycles. The van der Waals surface area contributed by atoms with Crippen molar-refractivity contribution in [3.63, 3.8) is 0 Å². The van der Waals surface area contributed by atoms with Crippen LogP contribution in [0.1, 0.15) is 28.2 Å². The van der Waals surface area contributed by atoms with Crippen molar-refractivity contribution in [3.05, 3.63) is 71.0 Å². The van der Waals surface area contributed by atoms with E-state index >= 15 is 0 Å². The molecule has 0 aliphatic carbocycles.